The molecule has 0 fully saturated rings. The van der Waals surface area contributed by atoms with Gasteiger partial charge in [0.15, 0.2) is 11.5 Å². The molecule has 0 aromatic heterocycles. The number of benzene rings is 4. The predicted molar refractivity (Wildman–Crippen MR) is 141 cm³/mol. The van der Waals surface area contributed by atoms with Crippen LogP contribution >= 0.6 is 0 Å². The van der Waals surface area contributed by atoms with E-state index in [1.165, 1.54) is 6.08 Å². The fraction of sp³-hybridized carbons (Fsp3) is 0.103. The number of rotatable bonds is 9. The van der Waals surface area contributed by atoms with Crippen molar-refractivity contribution in [3.8, 4) is 17.6 Å². The van der Waals surface area contributed by atoms with Crippen LogP contribution in [0.2, 0.25) is 0 Å². The van der Waals surface area contributed by atoms with Crippen LogP contribution in [-0.4, -0.2) is 17.4 Å². The van der Waals surface area contributed by atoms with E-state index in [4.69, 9.17) is 9.47 Å². The van der Waals surface area contributed by atoms with Gasteiger partial charge < -0.3 is 14.8 Å². The minimum Gasteiger partial charge on any atom is -0.490 e. The molecule has 0 aliphatic heterocycles. The lowest BCUT2D eigenvalue weighted by molar-refractivity contribution is -0.384. The molecule has 1 N–H and O–H groups in total. The number of amides is 1. The zero-order chi connectivity index (χ0) is 27.1. The number of non-ortho nitro benzene ring substituents is 1. The monoisotopic (exact) mass is 511 g/mol. The normalized spacial score (nSPS) is 11.0. The largest absolute Gasteiger partial charge is 0.490 e. The standard InChI is InChI=1S/C29H22FN3O5/c1-2-37-28-15-19(10-13-27(28)38-18-21-8-5-7-20-6-3-4-9-24(20)21)14-22(17-31)29(34)32-26-16-23(33(35)36)11-12-25(26)30/h3-16H,2,18H2,1H3,(H,32,34)/b22-14+. The summed E-state index contributed by atoms with van der Waals surface area (Å²) in [6, 6.07) is 23.4. The molecule has 0 bridgehead atoms. The van der Waals surface area contributed by atoms with Crippen LogP contribution in [0, 0.1) is 27.3 Å². The van der Waals surface area contributed by atoms with Crippen LogP contribution in [0.5, 0.6) is 11.5 Å². The summed E-state index contributed by atoms with van der Waals surface area (Å²) in [5, 5.41) is 24.9. The Balaban J connectivity index is 1.55. The molecule has 0 aliphatic rings. The maximum absolute atomic E-state index is 14.1. The first kappa shape index (κ1) is 25.9. The van der Waals surface area contributed by atoms with Gasteiger partial charge in [0.2, 0.25) is 0 Å². The van der Waals surface area contributed by atoms with E-state index in [2.05, 4.69) is 5.32 Å². The lowest BCUT2D eigenvalue weighted by Crippen LogP contribution is -2.14. The van der Waals surface area contributed by atoms with Gasteiger partial charge in [-0.05, 0) is 53.1 Å². The average molecular weight is 512 g/mol. The van der Waals surface area contributed by atoms with Crippen LogP contribution in [0.3, 0.4) is 0 Å². The van der Waals surface area contributed by atoms with Gasteiger partial charge in [0.05, 0.1) is 17.2 Å². The molecule has 0 saturated carbocycles. The number of nitro benzene ring substituents is 1. The van der Waals surface area contributed by atoms with Gasteiger partial charge in [-0.25, -0.2) is 4.39 Å². The van der Waals surface area contributed by atoms with Gasteiger partial charge in [-0.2, -0.15) is 5.26 Å². The van der Waals surface area contributed by atoms with Gasteiger partial charge in [-0.3, -0.25) is 14.9 Å². The fourth-order valence-electron chi connectivity index (χ4n) is 3.80. The first-order valence-electron chi connectivity index (χ1n) is 11.6. The Morgan fingerprint density at radius 2 is 1.84 bits per heavy atom. The number of carbonyl (C=O) groups is 1. The molecular weight excluding hydrogens is 489 g/mol. The van der Waals surface area contributed by atoms with Crippen molar-refractivity contribution in [1.29, 1.82) is 5.26 Å². The Kier molecular flexibility index (Phi) is 7.94. The minimum atomic E-state index is -0.916. The van der Waals surface area contributed by atoms with Crippen LogP contribution in [0.15, 0.2) is 84.4 Å². The van der Waals surface area contributed by atoms with Crippen molar-refractivity contribution in [3.63, 3.8) is 0 Å². The Labute approximate surface area is 217 Å². The number of nitro groups is 1. The molecular formula is C29H22FN3O5. The van der Waals surface area contributed by atoms with E-state index in [0.717, 1.165) is 34.5 Å². The molecule has 0 saturated heterocycles. The highest BCUT2D eigenvalue weighted by Crippen LogP contribution is 2.31. The minimum absolute atomic E-state index is 0.303. The van der Waals surface area contributed by atoms with Crippen LogP contribution in [0.25, 0.3) is 16.8 Å². The van der Waals surface area contributed by atoms with Crippen LogP contribution in [-0.2, 0) is 11.4 Å². The second-order valence-corrected chi connectivity index (χ2v) is 8.11. The number of nitrogens with zero attached hydrogens (tertiary/aromatic N) is 2. The Morgan fingerprint density at radius 1 is 1.05 bits per heavy atom. The molecule has 4 aromatic rings. The number of carbonyl (C=O) groups excluding carboxylic acids is 1. The average Bonchev–Trinajstić information content (AvgIpc) is 2.92. The van der Waals surface area contributed by atoms with Crippen molar-refractivity contribution < 1.29 is 23.6 Å². The number of nitrogens with one attached hydrogen (secondary N) is 1. The second kappa shape index (κ2) is 11.7. The third-order valence-corrected chi connectivity index (χ3v) is 5.62. The van der Waals surface area contributed by atoms with E-state index in [-0.39, 0.29) is 5.57 Å². The number of halogens is 1. The summed E-state index contributed by atoms with van der Waals surface area (Å²) in [7, 11) is 0. The van der Waals surface area contributed by atoms with Gasteiger partial charge in [-0.15, -0.1) is 0 Å². The maximum atomic E-state index is 14.1. The number of anilines is 1. The third kappa shape index (κ3) is 5.94. The van der Waals surface area contributed by atoms with Crippen LogP contribution < -0.4 is 14.8 Å². The molecule has 0 spiro atoms. The Hall–Kier alpha value is -5.23. The maximum Gasteiger partial charge on any atom is 0.271 e. The van der Waals surface area contributed by atoms with Gasteiger partial charge in [0.25, 0.3) is 11.6 Å². The number of fused-ring (bicyclic) bond motifs is 1. The second-order valence-electron chi connectivity index (χ2n) is 8.11. The van der Waals surface area contributed by atoms with E-state index >= 15 is 0 Å². The summed E-state index contributed by atoms with van der Waals surface area (Å²) in [6.07, 6.45) is 1.31. The summed E-state index contributed by atoms with van der Waals surface area (Å²) in [6.45, 7) is 2.48. The van der Waals surface area contributed by atoms with Crippen molar-refractivity contribution in [2.75, 3.05) is 11.9 Å². The lowest BCUT2D eigenvalue weighted by Gasteiger charge is -2.14. The first-order valence-corrected chi connectivity index (χ1v) is 11.6. The summed E-state index contributed by atoms with van der Waals surface area (Å²) < 4.78 is 25.9. The highest BCUT2D eigenvalue weighted by molar-refractivity contribution is 6.09. The van der Waals surface area contributed by atoms with Crippen molar-refractivity contribution in [3.05, 3.63) is 111 Å². The summed E-state index contributed by atoms with van der Waals surface area (Å²) >= 11 is 0. The zero-order valence-corrected chi connectivity index (χ0v) is 20.3. The SMILES string of the molecule is CCOc1cc(/C=C(\C#N)C(=O)Nc2cc([N+](=O)[O-])ccc2F)ccc1OCc1cccc2ccccc12. The van der Waals surface area contributed by atoms with Crippen molar-refractivity contribution in [2.45, 2.75) is 13.5 Å². The van der Waals surface area contributed by atoms with Crippen molar-refractivity contribution >= 4 is 34.1 Å². The molecule has 190 valence electrons. The predicted octanol–water partition coefficient (Wildman–Crippen LogP) is 6.41. The molecule has 0 aliphatic carbocycles. The van der Waals surface area contributed by atoms with E-state index in [1.807, 2.05) is 49.4 Å². The molecule has 9 heteroatoms. The molecule has 0 unspecified atom stereocenters. The number of hydrogen-bond acceptors (Lipinski definition) is 6. The Bertz CT molecular complexity index is 1590. The van der Waals surface area contributed by atoms with Crippen molar-refractivity contribution in [2.24, 2.45) is 0 Å². The topological polar surface area (TPSA) is 114 Å². The lowest BCUT2D eigenvalue weighted by atomic mass is 10.1. The van der Waals surface area contributed by atoms with E-state index < -0.39 is 28.0 Å². The van der Waals surface area contributed by atoms with Gasteiger partial charge >= 0.3 is 0 Å². The highest BCUT2D eigenvalue weighted by Gasteiger charge is 2.16. The van der Waals surface area contributed by atoms with E-state index in [9.17, 15) is 24.6 Å². The van der Waals surface area contributed by atoms with Gasteiger partial charge in [0.1, 0.15) is 24.1 Å². The van der Waals surface area contributed by atoms with Gasteiger partial charge in [-0.1, -0.05) is 48.5 Å². The third-order valence-electron chi connectivity index (χ3n) is 5.62. The summed E-state index contributed by atoms with van der Waals surface area (Å²) in [4.78, 5) is 22.9. The molecule has 4 aromatic carbocycles. The first-order chi connectivity index (χ1) is 18.4. The molecule has 0 radical (unpaired) electrons. The van der Waals surface area contributed by atoms with Crippen molar-refractivity contribution in [1.82, 2.24) is 0 Å². The molecule has 1 amide bonds. The Morgan fingerprint density at radius 3 is 2.61 bits per heavy atom. The molecule has 0 atom stereocenters. The van der Waals surface area contributed by atoms with Crippen LogP contribution in [0.4, 0.5) is 15.8 Å². The highest BCUT2D eigenvalue weighted by atomic mass is 19.1. The molecule has 4 rings (SSSR count). The summed E-state index contributed by atoms with van der Waals surface area (Å²) in [5.41, 5.74) is 0.341. The fourth-order valence-corrected chi connectivity index (χ4v) is 3.80. The summed E-state index contributed by atoms with van der Waals surface area (Å²) in [5.74, 6) is -0.879. The molecule has 0 heterocycles. The number of nitriles is 1. The smallest absolute Gasteiger partial charge is 0.271 e. The quantitative estimate of drug-likeness (QED) is 0.120. The van der Waals surface area contributed by atoms with Crippen LogP contribution in [0.1, 0.15) is 18.1 Å². The van der Waals surface area contributed by atoms with Gasteiger partial charge in [0, 0.05) is 12.1 Å². The number of hydrogen-bond donors (Lipinski definition) is 1. The molecule has 8 nitrogen and oxygen atoms in total. The van der Waals surface area contributed by atoms with E-state index in [1.54, 1.807) is 24.3 Å². The number of ether oxygens (including phenoxy) is 2. The molecule has 38 heavy (non-hydrogen) atoms. The van der Waals surface area contributed by atoms with E-state index in [0.29, 0.717) is 30.3 Å². The zero-order valence-electron chi connectivity index (χ0n) is 20.3.